The number of nitrogens with one attached hydrogen (secondary N) is 1. The van der Waals surface area contributed by atoms with E-state index in [4.69, 9.17) is 0 Å². The van der Waals surface area contributed by atoms with E-state index >= 15 is 0 Å². The van der Waals surface area contributed by atoms with Crippen LogP contribution in [0.2, 0.25) is 0 Å². The summed E-state index contributed by atoms with van der Waals surface area (Å²) in [7, 11) is 0. The maximum absolute atomic E-state index is 11.3. The molecule has 0 bridgehead atoms. The Morgan fingerprint density at radius 2 is 2.00 bits per heavy atom. The number of aliphatic imine (C=N–C) groups is 1. The highest BCUT2D eigenvalue weighted by Gasteiger charge is 2.30. The Balaban J connectivity index is 2.11. The molecule has 5 heteroatoms. The van der Waals surface area contributed by atoms with Gasteiger partial charge in [-0.1, -0.05) is 19.9 Å². The summed E-state index contributed by atoms with van der Waals surface area (Å²) in [6, 6.07) is 0.394. The van der Waals surface area contributed by atoms with Crippen molar-refractivity contribution in [3.63, 3.8) is 0 Å². The van der Waals surface area contributed by atoms with Crippen molar-refractivity contribution in [2.24, 2.45) is 4.99 Å². The lowest BCUT2D eigenvalue weighted by Gasteiger charge is -2.34. The van der Waals surface area contributed by atoms with Gasteiger partial charge >= 0.3 is 11.8 Å². The lowest BCUT2D eigenvalue weighted by atomic mass is 9.94. The first-order valence-corrected chi connectivity index (χ1v) is 7.03. The molecule has 2 rings (SSSR count). The molecule has 0 spiro atoms. The molecule has 0 aromatic carbocycles. The van der Waals surface area contributed by atoms with E-state index in [9.17, 15) is 9.59 Å². The number of carbonyl (C=O) groups excluding carboxylic acids is 2. The molecule has 19 heavy (non-hydrogen) atoms. The first-order valence-electron chi connectivity index (χ1n) is 7.03. The SMILES string of the molecule is CCCN(CCC)C1CC=C2NC(=O)C(=O)N=C2C1. The molecule has 2 aliphatic rings. The monoisotopic (exact) mass is 263 g/mol. The van der Waals surface area contributed by atoms with Gasteiger partial charge in [0.25, 0.3) is 0 Å². The Hall–Kier alpha value is -1.49. The summed E-state index contributed by atoms with van der Waals surface area (Å²) < 4.78 is 0. The zero-order valence-electron chi connectivity index (χ0n) is 11.6. The van der Waals surface area contributed by atoms with Gasteiger partial charge in [-0.05, 0) is 32.4 Å². The fourth-order valence-electron chi connectivity index (χ4n) is 2.70. The maximum Gasteiger partial charge on any atom is 0.335 e. The molecule has 1 N–H and O–H groups in total. The van der Waals surface area contributed by atoms with Gasteiger partial charge in [-0.15, -0.1) is 0 Å². The zero-order valence-corrected chi connectivity index (χ0v) is 11.6. The van der Waals surface area contributed by atoms with Crippen LogP contribution in [0.15, 0.2) is 16.8 Å². The van der Waals surface area contributed by atoms with Crippen LogP contribution in [0.5, 0.6) is 0 Å². The number of hydrogen-bond donors (Lipinski definition) is 1. The van der Waals surface area contributed by atoms with Gasteiger partial charge in [-0.2, -0.15) is 0 Å². The summed E-state index contributed by atoms with van der Waals surface area (Å²) in [5.41, 5.74) is 1.46. The third-order valence-corrected chi connectivity index (χ3v) is 3.55. The highest BCUT2D eigenvalue weighted by molar-refractivity contribution is 6.41. The average molecular weight is 263 g/mol. The van der Waals surface area contributed by atoms with Crippen molar-refractivity contribution in [1.29, 1.82) is 0 Å². The van der Waals surface area contributed by atoms with Crippen molar-refractivity contribution >= 4 is 17.5 Å². The Kier molecular flexibility index (Phi) is 4.47. The number of carbonyl (C=O) groups is 2. The molecule has 0 aromatic rings. The van der Waals surface area contributed by atoms with Crippen LogP contribution in [-0.2, 0) is 9.59 Å². The Bertz CT molecular complexity index is 434. The van der Waals surface area contributed by atoms with Crippen molar-refractivity contribution in [2.75, 3.05) is 13.1 Å². The zero-order chi connectivity index (χ0) is 13.8. The fourth-order valence-corrected chi connectivity index (χ4v) is 2.70. The van der Waals surface area contributed by atoms with Crippen LogP contribution < -0.4 is 5.32 Å². The summed E-state index contributed by atoms with van der Waals surface area (Å²) in [6.45, 7) is 6.48. The molecule has 2 amide bonds. The van der Waals surface area contributed by atoms with Crippen LogP contribution in [0.3, 0.4) is 0 Å². The molecule has 104 valence electrons. The van der Waals surface area contributed by atoms with E-state index in [1.165, 1.54) is 0 Å². The molecular formula is C14H21N3O2. The highest BCUT2D eigenvalue weighted by atomic mass is 16.2. The second-order valence-corrected chi connectivity index (χ2v) is 5.07. The first-order chi connectivity index (χ1) is 9.15. The van der Waals surface area contributed by atoms with E-state index in [0.717, 1.165) is 50.2 Å². The number of amides is 2. The lowest BCUT2D eigenvalue weighted by Crippen LogP contribution is -2.45. The summed E-state index contributed by atoms with van der Waals surface area (Å²) >= 11 is 0. The molecule has 0 radical (unpaired) electrons. The molecule has 0 fully saturated rings. The molecule has 1 heterocycles. The van der Waals surface area contributed by atoms with E-state index in [1.807, 2.05) is 6.08 Å². The Labute approximate surface area is 113 Å². The smallest absolute Gasteiger partial charge is 0.316 e. The average Bonchev–Trinajstić information content (AvgIpc) is 2.39. The predicted molar refractivity (Wildman–Crippen MR) is 73.8 cm³/mol. The summed E-state index contributed by atoms with van der Waals surface area (Å²) in [4.78, 5) is 29.0. The third kappa shape index (κ3) is 3.10. The van der Waals surface area contributed by atoms with Crippen molar-refractivity contribution in [3.8, 4) is 0 Å². The van der Waals surface area contributed by atoms with Gasteiger partial charge in [0, 0.05) is 12.5 Å². The summed E-state index contributed by atoms with van der Waals surface area (Å²) in [6.07, 6.45) is 5.89. The number of rotatable bonds is 5. The van der Waals surface area contributed by atoms with Gasteiger partial charge in [-0.25, -0.2) is 4.99 Å². The van der Waals surface area contributed by atoms with Gasteiger partial charge in [-0.3, -0.25) is 14.5 Å². The molecule has 1 aliphatic carbocycles. The second kappa shape index (κ2) is 6.10. The minimum Gasteiger partial charge on any atom is -0.316 e. The molecule has 1 aliphatic heterocycles. The summed E-state index contributed by atoms with van der Waals surface area (Å²) in [5.74, 6) is -1.29. The third-order valence-electron chi connectivity index (χ3n) is 3.55. The van der Waals surface area contributed by atoms with Crippen molar-refractivity contribution in [1.82, 2.24) is 10.2 Å². The molecular weight excluding hydrogens is 242 g/mol. The minimum absolute atomic E-state index is 0.394. The van der Waals surface area contributed by atoms with Gasteiger partial charge in [0.05, 0.1) is 11.4 Å². The Morgan fingerprint density at radius 1 is 1.32 bits per heavy atom. The maximum atomic E-state index is 11.3. The molecule has 0 aromatic heterocycles. The number of fused-ring (bicyclic) bond motifs is 1. The first kappa shape index (κ1) is 13.9. The largest absolute Gasteiger partial charge is 0.335 e. The lowest BCUT2D eigenvalue weighted by molar-refractivity contribution is -0.136. The van der Waals surface area contributed by atoms with Gasteiger partial charge in [0.15, 0.2) is 0 Å². The quantitative estimate of drug-likeness (QED) is 0.759. The van der Waals surface area contributed by atoms with Gasteiger partial charge in [0.2, 0.25) is 0 Å². The second-order valence-electron chi connectivity index (χ2n) is 5.07. The van der Waals surface area contributed by atoms with E-state index in [-0.39, 0.29) is 0 Å². The van der Waals surface area contributed by atoms with Crippen LogP contribution in [0.25, 0.3) is 0 Å². The van der Waals surface area contributed by atoms with Crippen LogP contribution in [0.1, 0.15) is 39.5 Å². The van der Waals surface area contributed by atoms with E-state index in [0.29, 0.717) is 6.04 Å². The number of hydrogen-bond acceptors (Lipinski definition) is 3. The van der Waals surface area contributed by atoms with Gasteiger partial charge < -0.3 is 5.32 Å². The standard InChI is InChI=1S/C14H21N3O2/c1-3-7-17(8-4-2)10-5-6-11-12(9-10)16-14(19)13(18)15-11/h6,10H,3-5,7-9H2,1-2H3,(H,15,18). The van der Waals surface area contributed by atoms with Crippen molar-refractivity contribution < 1.29 is 9.59 Å². The van der Waals surface area contributed by atoms with E-state index in [1.54, 1.807) is 0 Å². The predicted octanol–water partition coefficient (Wildman–Crippen LogP) is 1.25. The number of allylic oxidation sites excluding steroid dienone is 1. The number of nitrogens with zero attached hydrogens (tertiary/aromatic N) is 2. The fraction of sp³-hybridized carbons (Fsp3) is 0.643. The summed E-state index contributed by atoms with van der Waals surface area (Å²) in [5, 5.41) is 2.61. The van der Waals surface area contributed by atoms with Crippen LogP contribution in [0.4, 0.5) is 0 Å². The van der Waals surface area contributed by atoms with Crippen LogP contribution in [-0.4, -0.2) is 41.6 Å². The van der Waals surface area contributed by atoms with Crippen molar-refractivity contribution in [3.05, 3.63) is 11.8 Å². The van der Waals surface area contributed by atoms with E-state index < -0.39 is 11.8 Å². The molecule has 5 nitrogen and oxygen atoms in total. The van der Waals surface area contributed by atoms with Crippen LogP contribution in [0, 0.1) is 0 Å². The van der Waals surface area contributed by atoms with Crippen molar-refractivity contribution in [2.45, 2.75) is 45.6 Å². The highest BCUT2D eigenvalue weighted by Crippen LogP contribution is 2.22. The van der Waals surface area contributed by atoms with E-state index in [2.05, 4.69) is 29.1 Å². The minimum atomic E-state index is -0.676. The molecule has 1 unspecified atom stereocenters. The van der Waals surface area contributed by atoms with Crippen LogP contribution >= 0.6 is 0 Å². The molecule has 1 atom stereocenters. The topological polar surface area (TPSA) is 61.8 Å². The molecule has 0 saturated heterocycles. The Morgan fingerprint density at radius 3 is 2.63 bits per heavy atom. The van der Waals surface area contributed by atoms with Gasteiger partial charge in [0.1, 0.15) is 0 Å². The normalized spacial score (nSPS) is 22.8. The molecule has 0 saturated carbocycles.